The fourth-order valence-corrected chi connectivity index (χ4v) is 3.16. The molecule has 17 heavy (non-hydrogen) atoms. The van der Waals surface area contributed by atoms with Gasteiger partial charge in [-0.05, 0) is 37.9 Å². The van der Waals surface area contributed by atoms with Gasteiger partial charge in [0.05, 0.1) is 6.10 Å². The van der Waals surface area contributed by atoms with Crippen molar-refractivity contribution in [2.45, 2.75) is 57.1 Å². The summed E-state index contributed by atoms with van der Waals surface area (Å²) < 4.78 is 5.38. The van der Waals surface area contributed by atoms with E-state index in [4.69, 9.17) is 17.0 Å². The molecule has 2 aliphatic rings. The quantitative estimate of drug-likeness (QED) is 0.766. The number of likely N-dealkylation sites (tertiary alicyclic amines) is 1. The molecule has 1 N–H and O–H groups in total. The van der Waals surface area contributed by atoms with Gasteiger partial charge in [0.25, 0.3) is 0 Å². The lowest BCUT2D eigenvalue weighted by Gasteiger charge is -2.35. The summed E-state index contributed by atoms with van der Waals surface area (Å²) >= 11 is 5.50. The van der Waals surface area contributed by atoms with Gasteiger partial charge < -0.3 is 15.0 Å². The molecule has 0 atom stereocenters. The molecule has 0 amide bonds. The van der Waals surface area contributed by atoms with E-state index in [0.29, 0.717) is 12.1 Å². The number of piperidine rings is 1. The molecule has 1 saturated carbocycles. The van der Waals surface area contributed by atoms with Crippen molar-refractivity contribution in [3.8, 4) is 0 Å². The summed E-state index contributed by atoms with van der Waals surface area (Å²) in [6.45, 7) is 2.08. The van der Waals surface area contributed by atoms with Crippen molar-refractivity contribution in [1.29, 1.82) is 0 Å². The number of ether oxygens (including phenoxy) is 1. The van der Waals surface area contributed by atoms with E-state index in [1.54, 1.807) is 7.11 Å². The van der Waals surface area contributed by atoms with Crippen LogP contribution in [0.25, 0.3) is 0 Å². The Morgan fingerprint density at radius 1 is 1.12 bits per heavy atom. The van der Waals surface area contributed by atoms with E-state index in [-0.39, 0.29) is 0 Å². The first kappa shape index (κ1) is 13.1. The molecule has 1 saturated heterocycles. The topological polar surface area (TPSA) is 24.5 Å². The van der Waals surface area contributed by atoms with Crippen molar-refractivity contribution in [2.75, 3.05) is 20.2 Å². The smallest absolute Gasteiger partial charge is 0.169 e. The predicted octanol–water partition coefficient (Wildman–Crippen LogP) is 2.30. The van der Waals surface area contributed by atoms with E-state index in [9.17, 15) is 0 Å². The molecule has 4 heteroatoms. The molecule has 0 aromatic carbocycles. The first-order chi connectivity index (χ1) is 8.29. The van der Waals surface area contributed by atoms with E-state index in [0.717, 1.165) is 31.0 Å². The minimum absolute atomic E-state index is 0.434. The highest BCUT2D eigenvalue weighted by atomic mass is 32.1. The lowest BCUT2D eigenvalue weighted by molar-refractivity contribution is 0.0575. The van der Waals surface area contributed by atoms with Crippen LogP contribution in [0.2, 0.25) is 0 Å². The highest BCUT2D eigenvalue weighted by Gasteiger charge is 2.22. The second-order valence-corrected chi connectivity index (χ2v) is 5.59. The number of thiocarbonyl (C=S) groups is 1. The van der Waals surface area contributed by atoms with Gasteiger partial charge in [-0.15, -0.1) is 0 Å². The molecule has 2 fully saturated rings. The van der Waals surface area contributed by atoms with Crippen LogP contribution >= 0.6 is 12.2 Å². The van der Waals surface area contributed by atoms with Crippen LogP contribution in [-0.4, -0.2) is 42.4 Å². The molecule has 98 valence electrons. The van der Waals surface area contributed by atoms with Gasteiger partial charge in [0, 0.05) is 26.2 Å². The van der Waals surface area contributed by atoms with Crippen LogP contribution in [0.4, 0.5) is 0 Å². The summed E-state index contributed by atoms with van der Waals surface area (Å²) in [4.78, 5) is 2.31. The van der Waals surface area contributed by atoms with E-state index in [2.05, 4.69) is 10.2 Å². The predicted molar refractivity (Wildman–Crippen MR) is 74.2 cm³/mol. The molecule has 1 aliphatic heterocycles. The number of nitrogens with one attached hydrogen (secondary N) is 1. The van der Waals surface area contributed by atoms with Crippen molar-refractivity contribution < 1.29 is 4.74 Å². The minimum atomic E-state index is 0.434. The zero-order valence-corrected chi connectivity index (χ0v) is 11.6. The Balaban J connectivity index is 1.72. The molecule has 1 aliphatic carbocycles. The van der Waals surface area contributed by atoms with Crippen LogP contribution < -0.4 is 5.32 Å². The molecule has 0 bridgehead atoms. The second kappa shape index (κ2) is 6.55. The number of rotatable bonds is 2. The number of methoxy groups -OCH3 is 1. The van der Waals surface area contributed by atoms with Gasteiger partial charge in [0.2, 0.25) is 0 Å². The number of hydrogen-bond donors (Lipinski definition) is 1. The summed E-state index contributed by atoms with van der Waals surface area (Å²) in [6, 6.07) is 0.622. The molecule has 2 rings (SSSR count). The second-order valence-electron chi connectivity index (χ2n) is 5.21. The van der Waals surface area contributed by atoms with Crippen LogP contribution in [0.15, 0.2) is 0 Å². The molecule has 1 heterocycles. The van der Waals surface area contributed by atoms with Gasteiger partial charge >= 0.3 is 0 Å². The molecule has 3 nitrogen and oxygen atoms in total. The fraction of sp³-hybridized carbons (Fsp3) is 0.923. The third kappa shape index (κ3) is 3.81. The van der Waals surface area contributed by atoms with Crippen molar-refractivity contribution in [2.24, 2.45) is 0 Å². The molecule has 0 spiro atoms. The number of hydrogen-bond acceptors (Lipinski definition) is 2. The molecular formula is C13H24N2OS. The van der Waals surface area contributed by atoms with Gasteiger partial charge in [0.15, 0.2) is 5.11 Å². The van der Waals surface area contributed by atoms with Crippen LogP contribution in [0.3, 0.4) is 0 Å². The van der Waals surface area contributed by atoms with E-state index < -0.39 is 0 Å². The molecule has 0 radical (unpaired) electrons. The highest BCUT2D eigenvalue weighted by Crippen LogP contribution is 2.18. The normalized spacial score (nSPS) is 23.7. The van der Waals surface area contributed by atoms with Gasteiger partial charge in [-0.25, -0.2) is 0 Å². The first-order valence-electron chi connectivity index (χ1n) is 6.88. The number of nitrogens with zero attached hydrogens (tertiary/aromatic N) is 1. The lowest BCUT2D eigenvalue weighted by atomic mass is 9.96. The maximum absolute atomic E-state index is 5.50. The third-order valence-corrected chi connectivity index (χ3v) is 4.37. The third-order valence-electron chi connectivity index (χ3n) is 4.00. The van der Waals surface area contributed by atoms with Crippen molar-refractivity contribution >= 4 is 17.3 Å². The van der Waals surface area contributed by atoms with Crippen molar-refractivity contribution in [1.82, 2.24) is 10.2 Å². The van der Waals surface area contributed by atoms with Crippen LogP contribution in [0.1, 0.15) is 44.9 Å². The van der Waals surface area contributed by atoms with E-state index >= 15 is 0 Å². The Hall–Kier alpha value is -0.350. The Morgan fingerprint density at radius 3 is 2.35 bits per heavy atom. The van der Waals surface area contributed by atoms with Gasteiger partial charge in [-0.2, -0.15) is 0 Å². The summed E-state index contributed by atoms with van der Waals surface area (Å²) in [5, 5.41) is 4.50. The van der Waals surface area contributed by atoms with Gasteiger partial charge in [0.1, 0.15) is 0 Å². The fourth-order valence-electron chi connectivity index (χ4n) is 2.81. The van der Waals surface area contributed by atoms with Crippen LogP contribution in [-0.2, 0) is 4.74 Å². The Morgan fingerprint density at radius 2 is 1.76 bits per heavy atom. The summed E-state index contributed by atoms with van der Waals surface area (Å²) in [5.41, 5.74) is 0. The lowest BCUT2D eigenvalue weighted by Crippen LogP contribution is -2.49. The molecule has 0 unspecified atom stereocenters. The molecule has 0 aromatic heterocycles. The van der Waals surface area contributed by atoms with Crippen LogP contribution in [0, 0.1) is 0 Å². The Labute approximate surface area is 110 Å². The minimum Gasteiger partial charge on any atom is -0.381 e. The summed E-state index contributed by atoms with van der Waals surface area (Å²) in [5.74, 6) is 0. The zero-order valence-electron chi connectivity index (χ0n) is 10.8. The summed E-state index contributed by atoms with van der Waals surface area (Å²) in [7, 11) is 1.80. The first-order valence-corrected chi connectivity index (χ1v) is 7.28. The van der Waals surface area contributed by atoms with E-state index in [1.165, 1.54) is 32.1 Å². The zero-order chi connectivity index (χ0) is 12.1. The SMILES string of the molecule is COC1CCN(C(=S)NC2CCCCC2)CC1. The highest BCUT2D eigenvalue weighted by molar-refractivity contribution is 7.80. The van der Waals surface area contributed by atoms with Crippen molar-refractivity contribution in [3.63, 3.8) is 0 Å². The Bertz CT molecular complexity index is 246. The van der Waals surface area contributed by atoms with E-state index in [1.807, 2.05) is 0 Å². The summed E-state index contributed by atoms with van der Waals surface area (Å²) in [6.07, 6.45) is 9.31. The van der Waals surface area contributed by atoms with Crippen LogP contribution in [0.5, 0.6) is 0 Å². The largest absolute Gasteiger partial charge is 0.381 e. The maximum Gasteiger partial charge on any atom is 0.169 e. The maximum atomic E-state index is 5.50. The average molecular weight is 256 g/mol. The van der Waals surface area contributed by atoms with Gasteiger partial charge in [-0.3, -0.25) is 0 Å². The van der Waals surface area contributed by atoms with Crippen molar-refractivity contribution in [3.05, 3.63) is 0 Å². The molecular weight excluding hydrogens is 232 g/mol. The van der Waals surface area contributed by atoms with Gasteiger partial charge in [-0.1, -0.05) is 19.3 Å². The molecule has 0 aromatic rings. The monoisotopic (exact) mass is 256 g/mol. The Kier molecular flexibility index (Phi) is 5.04. The average Bonchev–Trinajstić information content (AvgIpc) is 2.40. The standard InChI is InChI=1S/C13H24N2OS/c1-16-12-7-9-15(10-8-12)13(17)14-11-5-3-2-4-6-11/h11-12H,2-10H2,1H3,(H,14,17).